The second kappa shape index (κ2) is 9.15. The van der Waals surface area contributed by atoms with Gasteiger partial charge in [0.1, 0.15) is 11.6 Å². The summed E-state index contributed by atoms with van der Waals surface area (Å²) in [5.41, 5.74) is 6.18. The molecule has 32 heavy (non-hydrogen) atoms. The molecule has 6 atom stereocenters. The molecule has 0 unspecified atom stereocenters. The minimum absolute atomic E-state index is 0.105. The molecule has 0 amide bonds. The zero-order valence-electron chi connectivity index (χ0n) is 18.5. The highest BCUT2D eigenvalue weighted by atomic mass is 19.1. The fourth-order valence-corrected chi connectivity index (χ4v) is 5.32. The Kier molecular flexibility index (Phi) is 6.66. The quantitative estimate of drug-likeness (QED) is 0.756. The second-order valence-electron chi connectivity index (χ2n) is 9.10. The number of hydrogen-bond acceptors (Lipinski definition) is 5. The van der Waals surface area contributed by atoms with E-state index in [2.05, 4.69) is 0 Å². The average molecular weight is 448 g/mol. The fraction of sp³-hybridized carbons (Fsp3) is 0.520. The largest absolute Gasteiger partial charge is 0.396 e. The first-order valence-electron chi connectivity index (χ1n) is 11.0. The summed E-state index contributed by atoms with van der Waals surface area (Å²) in [5.74, 6) is -0.481. The first kappa shape index (κ1) is 23.3. The molecule has 0 radical (unpaired) electrons. The summed E-state index contributed by atoms with van der Waals surface area (Å²) in [6.07, 6.45) is -0.00304. The third kappa shape index (κ3) is 3.86. The average Bonchev–Trinajstić information content (AvgIpc) is 3.43. The van der Waals surface area contributed by atoms with Gasteiger partial charge in [0, 0.05) is 17.4 Å². The lowest BCUT2D eigenvalue weighted by atomic mass is 9.73. The molecule has 0 saturated carbocycles. The summed E-state index contributed by atoms with van der Waals surface area (Å²) in [6, 6.07) is 13.4. The van der Waals surface area contributed by atoms with Crippen LogP contribution < -0.4 is 5.73 Å². The molecular formula is C25H31F2NO4. The molecule has 5 rings (SSSR count). The van der Waals surface area contributed by atoms with E-state index in [0.29, 0.717) is 25.4 Å². The number of aliphatic hydroxyl groups excluding tert-OH is 1. The molecule has 5 nitrogen and oxygen atoms in total. The molecular weight excluding hydrogens is 416 g/mol. The van der Waals surface area contributed by atoms with Crippen molar-refractivity contribution < 1.29 is 28.1 Å². The summed E-state index contributed by atoms with van der Waals surface area (Å²) >= 11 is 0. The molecule has 174 valence electrons. The van der Waals surface area contributed by atoms with Crippen molar-refractivity contribution in [1.29, 1.82) is 0 Å². The van der Waals surface area contributed by atoms with Crippen molar-refractivity contribution in [2.75, 3.05) is 33.0 Å². The van der Waals surface area contributed by atoms with Gasteiger partial charge in [-0.05, 0) is 31.5 Å². The highest BCUT2D eigenvalue weighted by Crippen LogP contribution is 2.46. The van der Waals surface area contributed by atoms with Gasteiger partial charge in [-0.3, -0.25) is 0 Å². The molecule has 3 aliphatic rings. The van der Waals surface area contributed by atoms with E-state index in [4.69, 9.17) is 19.9 Å². The van der Waals surface area contributed by atoms with Gasteiger partial charge in [0.05, 0.1) is 56.2 Å². The summed E-state index contributed by atoms with van der Waals surface area (Å²) in [4.78, 5) is 0. The van der Waals surface area contributed by atoms with Crippen molar-refractivity contribution in [3.63, 3.8) is 0 Å². The SMILES string of the molecule is C[C@H]1OC[C@@](N)(c2ccccc2F)[C@@H]1CO.C[C@H]1OC[C@]2(c3ccccc3F)COC[C@H]12. The Morgan fingerprint density at radius 2 is 1.50 bits per heavy atom. The first-order valence-corrected chi connectivity index (χ1v) is 11.0. The lowest BCUT2D eigenvalue weighted by Crippen LogP contribution is -2.47. The third-order valence-corrected chi connectivity index (χ3v) is 7.33. The Labute approximate surface area is 187 Å². The van der Waals surface area contributed by atoms with Gasteiger partial charge in [0.15, 0.2) is 0 Å². The van der Waals surface area contributed by atoms with Crippen molar-refractivity contribution in [3.8, 4) is 0 Å². The van der Waals surface area contributed by atoms with Gasteiger partial charge in [-0.1, -0.05) is 36.4 Å². The van der Waals surface area contributed by atoms with Crippen LogP contribution in [0.5, 0.6) is 0 Å². The molecule has 3 heterocycles. The molecule has 2 aromatic rings. The zero-order chi connectivity index (χ0) is 22.9. The van der Waals surface area contributed by atoms with Crippen LogP contribution in [-0.4, -0.2) is 50.3 Å². The number of hydrogen-bond donors (Lipinski definition) is 2. The predicted molar refractivity (Wildman–Crippen MR) is 116 cm³/mol. The van der Waals surface area contributed by atoms with E-state index in [-0.39, 0.29) is 54.3 Å². The summed E-state index contributed by atoms with van der Waals surface area (Å²) in [7, 11) is 0. The normalized spacial score (nSPS) is 35.9. The first-order chi connectivity index (χ1) is 15.3. The number of rotatable bonds is 3. The Morgan fingerprint density at radius 1 is 0.906 bits per heavy atom. The molecule has 0 aliphatic carbocycles. The second-order valence-corrected chi connectivity index (χ2v) is 9.10. The maximum atomic E-state index is 13.9. The molecule has 3 fully saturated rings. The fourth-order valence-electron chi connectivity index (χ4n) is 5.32. The van der Waals surface area contributed by atoms with Crippen LogP contribution in [0.4, 0.5) is 8.78 Å². The monoisotopic (exact) mass is 447 g/mol. The van der Waals surface area contributed by atoms with Crippen LogP contribution in [0.25, 0.3) is 0 Å². The van der Waals surface area contributed by atoms with Crippen LogP contribution in [0, 0.1) is 23.5 Å². The van der Waals surface area contributed by atoms with Crippen molar-refractivity contribution in [2.45, 2.75) is 37.0 Å². The van der Waals surface area contributed by atoms with Gasteiger partial charge in [-0.25, -0.2) is 8.78 Å². The maximum absolute atomic E-state index is 13.9. The van der Waals surface area contributed by atoms with Gasteiger partial charge in [0.25, 0.3) is 0 Å². The van der Waals surface area contributed by atoms with Gasteiger partial charge in [-0.2, -0.15) is 0 Å². The standard InChI is InChI=1S/C13H15FO2.C12H16FNO2/c1-9-11-6-15-7-13(11,8-16-9)10-4-2-3-5-12(10)14;1-8-10(6-15)12(14,7-16-8)9-4-2-3-5-11(9)13/h2-5,9,11H,6-8H2,1H3;2-5,8,10,15H,6-7,14H2,1H3/t9-,11-,13+;8-,10-,12-/m11/s1. The van der Waals surface area contributed by atoms with Gasteiger partial charge in [0.2, 0.25) is 0 Å². The van der Waals surface area contributed by atoms with Crippen LogP contribution in [0.1, 0.15) is 25.0 Å². The summed E-state index contributed by atoms with van der Waals surface area (Å²) in [6.45, 7) is 5.84. The van der Waals surface area contributed by atoms with Crippen LogP contribution in [0.2, 0.25) is 0 Å². The van der Waals surface area contributed by atoms with Crippen molar-refractivity contribution in [2.24, 2.45) is 17.6 Å². The summed E-state index contributed by atoms with van der Waals surface area (Å²) < 4.78 is 44.3. The number of nitrogens with two attached hydrogens (primary N) is 1. The highest BCUT2D eigenvalue weighted by Gasteiger charge is 2.54. The van der Waals surface area contributed by atoms with Crippen LogP contribution in [-0.2, 0) is 25.2 Å². The molecule has 3 saturated heterocycles. The molecule has 7 heteroatoms. The molecule has 3 aliphatic heterocycles. The Morgan fingerprint density at radius 3 is 2.12 bits per heavy atom. The van der Waals surface area contributed by atoms with Crippen molar-refractivity contribution in [3.05, 3.63) is 71.3 Å². The van der Waals surface area contributed by atoms with E-state index in [1.165, 1.54) is 12.1 Å². The summed E-state index contributed by atoms with van der Waals surface area (Å²) in [5, 5.41) is 9.34. The van der Waals surface area contributed by atoms with E-state index >= 15 is 0 Å². The van der Waals surface area contributed by atoms with Crippen LogP contribution in [0.3, 0.4) is 0 Å². The van der Waals surface area contributed by atoms with Crippen LogP contribution in [0.15, 0.2) is 48.5 Å². The van der Waals surface area contributed by atoms with Gasteiger partial charge >= 0.3 is 0 Å². The molecule has 3 N–H and O–H groups in total. The van der Waals surface area contributed by atoms with E-state index in [9.17, 15) is 13.9 Å². The zero-order valence-corrected chi connectivity index (χ0v) is 18.5. The minimum atomic E-state index is -0.931. The number of halogens is 2. The molecule has 2 aromatic carbocycles. The number of benzene rings is 2. The van der Waals surface area contributed by atoms with Crippen molar-refractivity contribution in [1.82, 2.24) is 0 Å². The van der Waals surface area contributed by atoms with E-state index in [1.54, 1.807) is 24.3 Å². The number of ether oxygens (including phenoxy) is 3. The van der Waals surface area contributed by atoms with E-state index in [1.807, 2.05) is 26.0 Å². The third-order valence-electron chi connectivity index (χ3n) is 7.33. The highest BCUT2D eigenvalue weighted by molar-refractivity contribution is 5.32. The van der Waals surface area contributed by atoms with Gasteiger partial charge in [-0.15, -0.1) is 0 Å². The molecule has 0 spiro atoms. The maximum Gasteiger partial charge on any atom is 0.128 e. The predicted octanol–water partition coefficient (Wildman–Crippen LogP) is 3.14. The molecule has 0 bridgehead atoms. The lowest BCUT2D eigenvalue weighted by molar-refractivity contribution is 0.0577. The topological polar surface area (TPSA) is 73.9 Å². The smallest absolute Gasteiger partial charge is 0.128 e. The number of aliphatic hydroxyl groups is 1. The van der Waals surface area contributed by atoms with Crippen LogP contribution >= 0.6 is 0 Å². The van der Waals surface area contributed by atoms with E-state index in [0.717, 1.165) is 5.56 Å². The Bertz CT molecular complexity index is 938. The lowest BCUT2D eigenvalue weighted by Gasteiger charge is -2.30. The van der Waals surface area contributed by atoms with Crippen molar-refractivity contribution >= 4 is 0 Å². The Balaban J connectivity index is 0.000000153. The minimum Gasteiger partial charge on any atom is -0.396 e. The number of fused-ring (bicyclic) bond motifs is 1. The van der Waals surface area contributed by atoms with Gasteiger partial charge < -0.3 is 25.1 Å². The van der Waals surface area contributed by atoms with E-state index < -0.39 is 5.54 Å². The Hall–Kier alpha value is -1.90. The molecule has 0 aromatic heterocycles.